The lowest BCUT2D eigenvalue weighted by Crippen LogP contribution is -2.20. The van der Waals surface area contributed by atoms with Crippen molar-refractivity contribution in [3.8, 4) is 17.2 Å². The number of rotatable bonds is 2. The SMILES string of the molecule is CC.COc1cc(C2CC(=O)Oc3ccccc32)ccc1O. The van der Waals surface area contributed by atoms with Crippen LogP contribution >= 0.6 is 0 Å². The van der Waals surface area contributed by atoms with Gasteiger partial charge < -0.3 is 14.6 Å². The van der Waals surface area contributed by atoms with E-state index in [1.165, 1.54) is 7.11 Å². The van der Waals surface area contributed by atoms with Crippen LogP contribution in [-0.4, -0.2) is 18.2 Å². The van der Waals surface area contributed by atoms with E-state index in [-0.39, 0.29) is 24.1 Å². The van der Waals surface area contributed by atoms with Gasteiger partial charge in [0.2, 0.25) is 0 Å². The van der Waals surface area contributed by atoms with Gasteiger partial charge in [0.1, 0.15) is 5.75 Å². The Morgan fingerprint density at radius 3 is 2.64 bits per heavy atom. The van der Waals surface area contributed by atoms with Crippen LogP contribution in [0.25, 0.3) is 0 Å². The third-order valence-corrected chi connectivity index (χ3v) is 3.50. The zero-order valence-electron chi connectivity index (χ0n) is 13.0. The van der Waals surface area contributed by atoms with Crippen molar-refractivity contribution in [2.24, 2.45) is 0 Å². The van der Waals surface area contributed by atoms with Crippen LogP contribution in [0.3, 0.4) is 0 Å². The van der Waals surface area contributed by atoms with Crippen molar-refractivity contribution in [2.75, 3.05) is 7.11 Å². The Morgan fingerprint density at radius 2 is 1.91 bits per heavy atom. The standard InChI is InChI=1S/C16H14O4.C2H6/c1-19-15-8-10(6-7-13(15)17)12-9-16(18)20-14-5-3-2-4-11(12)14;1-2/h2-8,12,17H,9H2,1H3;1-2H3. The minimum atomic E-state index is -0.249. The van der Waals surface area contributed by atoms with Gasteiger partial charge in [-0.15, -0.1) is 0 Å². The number of esters is 1. The van der Waals surface area contributed by atoms with Gasteiger partial charge in [0.15, 0.2) is 11.5 Å². The number of hydrogen-bond donors (Lipinski definition) is 1. The number of fused-ring (bicyclic) bond motifs is 1. The summed E-state index contributed by atoms with van der Waals surface area (Å²) in [4.78, 5) is 11.7. The van der Waals surface area contributed by atoms with Crippen LogP contribution in [0.2, 0.25) is 0 Å². The molecule has 3 rings (SSSR count). The molecule has 1 heterocycles. The Labute approximate surface area is 130 Å². The lowest BCUT2D eigenvalue weighted by molar-refractivity contribution is -0.135. The van der Waals surface area contributed by atoms with Gasteiger partial charge in [0.25, 0.3) is 0 Å². The average molecular weight is 300 g/mol. The Kier molecular flexibility index (Phi) is 5.04. The van der Waals surface area contributed by atoms with Gasteiger partial charge in [-0.1, -0.05) is 38.1 Å². The fraction of sp³-hybridized carbons (Fsp3) is 0.278. The molecular formula is C18H20O4. The zero-order chi connectivity index (χ0) is 16.1. The molecule has 1 N–H and O–H groups in total. The van der Waals surface area contributed by atoms with Crippen LogP contribution in [-0.2, 0) is 4.79 Å². The summed E-state index contributed by atoms with van der Waals surface area (Å²) in [6.07, 6.45) is 0.283. The third kappa shape index (κ3) is 3.06. The van der Waals surface area contributed by atoms with E-state index in [0.717, 1.165) is 11.1 Å². The Bertz CT molecular complexity index is 664. The monoisotopic (exact) mass is 300 g/mol. The minimum absolute atomic E-state index is 0.0815. The maximum atomic E-state index is 11.7. The number of benzene rings is 2. The molecule has 2 aromatic rings. The highest BCUT2D eigenvalue weighted by atomic mass is 16.5. The number of ether oxygens (including phenoxy) is 2. The molecule has 0 bridgehead atoms. The molecule has 116 valence electrons. The first-order chi connectivity index (χ1) is 10.7. The summed E-state index contributed by atoms with van der Waals surface area (Å²) in [6, 6.07) is 12.6. The van der Waals surface area contributed by atoms with Crippen molar-refractivity contribution in [2.45, 2.75) is 26.2 Å². The highest BCUT2D eigenvalue weighted by molar-refractivity contribution is 5.77. The molecule has 1 aliphatic rings. The fourth-order valence-corrected chi connectivity index (χ4v) is 2.51. The summed E-state index contributed by atoms with van der Waals surface area (Å²) in [5.41, 5.74) is 1.89. The predicted octanol–water partition coefficient (Wildman–Crippen LogP) is 3.87. The van der Waals surface area contributed by atoms with Gasteiger partial charge in [-0.05, 0) is 23.8 Å². The fourth-order valence-electron chi connectivity index (χ4n) is 2.51. The molecule has 0 aromatic heterocycles. The van der Waals surface area contributed by atoms with E-state index in [1.807, 2.05) is 32.0 Å². The first kappa shape index (κ1) is 15.9. The molecule has 4 nitrogen and oxygen atoms in total. The molecule has 0 fully saturated rings. The second kappa shape index (κ2) is 6.98. The third-order valence-electron chi connectivity index (χ3n) is 3.50. The molecular weight excluding hydrogens is 280 g/mol. The van der Waals surface area contributed by atoms with Crippen LogP contribution in [0.15, 0.2) is 42.5 Å². The average Bonchev–Trinajstić information content (AvgIpc) is 2.56. The summed E-state index contributed by atoms with van der Waals surface area (Å²) in [5.74, 6) is 0.755. The number of phenolic OH excluding ortho intramolecular Hbond substituents is 1. The lowest BCUT2D eigenvalue weighted by atomic mass is 9.86. The predicted molar refractivity (Wildman–Crippen MR) is 84.5 cm³/mol. The molecule has 0 amide bonds. The van der Waals surface area contributed by atoms with Crippen molar-refractivity contribution in [3.05, 3.63) is 53.6 Å². The van der Waals surface area contributed by atoms with Crippen LogP contribution in [0.1, 0.15) is 37.3 Å². The topological polar surface area (TPSA) is 55.8 Å². The minimum Gasteiger partial charge on any atom is -0.504 e. The molecule has 1 aliphatic heterocycles. The maximum absolute atomic E-state index is 11.7. The molecule has 22 heavy (non-hydrogen) atoms. The second-order valence-corrected chi connectivity index (χ2v) is 4.70. The number of carbonyl (C=O) groups excluding carboxylic acids is 1. The normalized spacial score (nSPS) is 16.0. The van der Waals surface area contributed by atoms with E-state index in [4.69, 9.17) is 9.47 Å². The first-order valence-corrected chi connectivity index (χ1v) is 7.35. The van der Waals surface area contributed by atoms with Gasteiger partial charge in [0.05, 0.1) is 13.5 Å². The molecule has 1 unspecified atom stereocenters. The Morgan fingerprint density at radius 1 is 1.18 bits per heavy atom. The first-order valence-electron chi connectivity index (χ1n) is 7.35. The van der Waals surface area contributed by atoms with Crippen LogP contribution in [0.4, 0.5) is 0 Å². The van der Waals surface area contributed by atoms with E-state index in [0.29, 0.717) is 11.5 Å². The quantitative estimate of drug-likeness (QED) is 0.675. The van der Waals surface area contributed by atoms with Crippen molar-refractivity contribution in [1.82, 2.24) is 0 Å². The van der Waals surface area contributed by atoms with E-state index in [9.17, 15) is 9.90 Å². The second-order valence-electron chi connectivity index (χ2n) is 4.70. The molecule has 4 heteroatoms. The number of phenols is 1. The number of hydrogen-bond acceptors (Lipinski definition) is 4. The van der Waals surface area contributed by atoms with Crippen LogP contribution in [0, 0.1) is 0 Å². The molecule has 0 saturated carbocycles. The number of aromatic hydroxyl groups is 1. The lowest BCUT2D eigenvalue weighted by Gasteiger charge is -2.25. The van der Waals surface area contributed by atoms with Crippen molar-refractivity contribution in [1.29, 1.82) is 0 Å². The van der Waals surface area contributed by atoms with E-state index < -0.39 is 0 Å². The number of carbonyl (C=O) groups is 1. The van der Waals surface area contributed by atoms with Crippen LogP contribution in [0.5, 0.6) is 17.2 Å². The molecule has 0 aliphatic carbocycles. The van der Waals surface area contributed by atoms with Crippen molar-refractivity contribution >= 4 is 5.97 Å². The van der Waals surface area contributed by atoms with Gasteiger partial charge in [-0.25, -0.2) is 0 Å². The molecule has 0 spiro atoms. The van der Waals surface area contributed by atoms with Gasteiger partial charge in [0, 0.05) is 11.5 Å². The smallest absolute Gasteiger partial charge is 0.312 e. The van der Waals surface area contributed by atoms with E-state index >= 15 is 0 Å². The van der Waals surface area contributed by atoms with Gasteiger partial charge in [-0.3, -0.25) is 4.79 Å². The summed E-state index contributed by atoms with van der Waals surface area (Å²) in [6.45, 7) is 4.00. The van der Waals surface area contributed by atoms with Gasteiger partial charge in [-0.2, -0.15) is 0 Å². The summed E-state index contributed by atoms with van der Waals surface area (Å²) in [5, 5.41) is 9.66. The van der Waals surface area contributed by atoms with E-state index in [1.54, 1.807) is 24.3 Å². The maximum Gasteiger partial charge on any atom is 0.312 e. The summed E-state index contributed by atoms with van der Waals surface area (Å²) < 4.78 is 10.4. The highest BCUT2D eigenvalue weighted by Gasteiger charge is 2.28. The number of para-hydroxylation sites is 1. The molecule has 0 radical (unpaired) electrons. The van der Waals surface area contributed by atoms with Crippen LogP contribution < -0.4 is 9.47 Å². The highest BCUT2D eigenvalue weighted by Crippen LogP contribution is 2.40. The van der Waals surface area contributed by atoms with E-state index in [2.05, 4.69) is 0 Å². The van der Waals surface area contributed by atoms with Crippen molar-refractivity contribution < 1.29 is 19.4 Å². The van der Waals surface area contributed by atoms with Gasteiger partial charge >= 0.3 is 5.97 Å². The molecule has 2 aromatic carbocycles. The number of methoxy groups -OCH3 is 1. The summed E-state index contributed by atoms with van der Waals surface area (Å²) >= 11 is 0. The molecule has 0 saturated heterocycles. The summed E-state index contributed by atoms with van der Waals surface area (Å²) in [7, 11) is 1.50. The zero-order valence-corrected chi connectivity index (χ0v) is 13.0. The molecule has 1 atom stereocenters. The van der Waals surface area contributed by atoms with Crippen molar-refractivity contribution in [3.63, 3.8) is 0 Å². The largest absolute Gasteiger partial charge is 0.504 e. The Hall–Kier alpha value is -2.49. The Balaban J connectivity index is 0.000000847.